The summed E-state index contributed by atoms with van der Waals surface area (Å²) in [6.07, 6.45) is 0. The molecule has 0 aliphatic rings. The van der Waals surface area contributed by atoms with Crippen molar-refractivity contribution in [2.45, 2.75) is 27.3 Å². The highest BCUT2D eigenvalue weighted by atomic mass is 32.1. The molecular weight excluding hydrogens is 277 g/mol. The number of hydrogen-bond donors (Lipinski definition) is 1. The molecule has 6 heteroatoms. The van der Waals surface area contributed by atoms with Crippen molar-refractivity contribution in [3.8, 4) is 10.9 Å². The van der Waals surface area contributed by atoms with E-state index in [1.165, 1.54) is 17.4 Å². The van der Waals surface area contributed by atoms with Crippen LogP contribution in [0.1, 0.15) is 24.4 Å². The first-order chi connectivity index (χ1) is 9.54. The number of aryl methyl sites for hydroxylation is 1. The number of halogens is 1. The van der Waals surface area contributed by atoms with E-state index in [2.05, 4.69) is 29.4 Å². The summed E-state index contributed by atoms with van der Waals surface area (Å²) in [6, 6.07) is 4.75. The Bertz CT molecular complexity index is 571. The van der Waals surface area contributed by atoms with Crippen LogP contribution in [-0.4, -0.2) is 16.7 Å². The summed E-state index contributed by atoms with van der Waals surface area (Å²) in [5.41, 5.74) is 0.591. The molecular formula is C14H18FN3OS. The molecule has 0 spiro atoms. The lowest BCUT2D eigenvalue weighted by Gasteiger charge is -2.04. The molecule has 1 aromatic heterocycles. The maximum atomic E-state index is 13.4. The number of rotatable bonds is 6. The monoisotopic (exact) mass is 295 g/mol. The van der Waals surface area contributed by atoms with Crippen LogP contribution in [0.3, 0.4) is 0 Å². The molecule has 0 saturated carbocycles. The van der Waals surface area contributed by atoms with E-state index < -0.39 is 0 Å². The van der Waals surface area contributed by atoms with Crippen molar-refractivity contribution in [3.63, 3.8) is 0 Å². The molecule has 2 aromatic rings. The molecule has 0 aliphatic heterocycles. The summed E-state index contributed by atoms with van der Waals surface area (Å²) in [7, 11) is 0. The zero-order valence-corrected chi connectivity index (χ0v) is 12.6. The Morgan fingerprint density at radius 1 is 1.35 bits per heavy atom. The van der Waals surface area contributed by atoms with Gasteiger partial charge in [0.05, 0.1) is 0 Å². The fourth-order valence-electron chi connectivity index (χ4n) is 1.56. The summed E-state index contributed by atoms with van der Waals surface area (Å²) in [4.78, 5) is 0. The van der Waals surface area contributed by atoms with Crippen LogP contribution in [0.2, 0.25) is 0 Å². The lowest BCUT2D eigenvalue weighted by molar-refractivity contribution is 0.467. The Balaban J connectivity index is 1.93. The second-order valence-corrected chi connectivity index (χ2v) is 6.02. The van der Waals surface area contributed by atoms with E-state index in [1.54, 1.807) is 19.1 Å². The highest BCUT2D eigenvalue weighted by molar-refractivity contribution is 7.13. The van der Waals surface area contributed by atoms with Crippen molar-refractivity contribution < 1.29 is 9.13 Å². The fourth-order valence-corrected chi connectivity index (χ4v) is 2.23. The minimum absolute atomic E-state index is 0.286. The first kappa shape index (κ1) is 14.9. The van der Waals surface area contributed by atoms with Crippen LogP contribution in [0.5, 0.6) is 10.9 Å². The molecule has 4 nitrogen and oxygen atoms in total. The average Bonchev–Trinajstić information content (AvgIpc) is 2.81. The number of aromatic nitrogens is 2. The lowest BCUT2D eigenvalue weighted by atomic mass is 10.2. The van der Waals surface area contributed by atoms with Gasteiger partial charge in [-0.3, -0.25) is 0 Å². The molecule has 0 atom stereocenters. The van der Waals surface area contributed by atoms with Crippen LogP contribution < -0.4 is 10.1 Å². The summed E-state index contributed by atoms with van der Waals surface area (Å²) >= 11 is 1.36. The number of ether oxygens (including phenoxy) is 1. The Morgan fingerprint density at radius 3 is 2.85 bits per heavy atom. The van der Waals surface area contributed by atoms with Crippen molar-refractivity contribution in [2.75, 3.05) is 6.54 Å². The largest absolute Gasteiger partial charge is 0.430 e. The third kappa shape index (κ3) is 4.25. The Kier molecular flexibility index (Phi) is 5.03. The summed E-state index contributed by atoms with van der Waals surface area (Å²) in [6.45, 7) is 7.60. The molecule has 0 bridgehead atoms. The van der Waals surface area contributed by atoms with Gasteiger partial charge in [-0.2, -0.15) is 0 Å². The van der Waals surface area contributed by atoms with E-state index in [0.717, 1.165) is 11.6 Å². The van der Waals surface area contributed by atoms with E-state index in [4.69, 9.17) is 4.74 Å². The molecule has 1 aromatic carbocycles. The van der Waals surface area contributed by atoms with Crippen LogP contribution in [0.4, 0.5) is 4.39 Å². The smallest absolute Gasteiger partial charge is 0.299 e. The van der Waals surface area contributed by atoms with E-state index in [1.807, 2.05) is 0 Å². The Hall–Kier alpha value is -1.53. The maximum Gasteiger partial charge on any atom is 0.299 e. The van der Waals surface area contributed by atoms with Gasteiger partial charge in [0.15, 0.2) is 0 Å². The number of nitrogens with one attached hydrogen (secondary N) is 1. The molecule has 0 unspecified atom stereocenters. The summed E-state index contributed by atoms with van der Waals surface area (Å²) in [5, 5.41) is 12.5. The lowest BCUT2D eigenvalue weighted by Crippen LogP contribution is -2.18. The van der Waals surface area contributed by atoms with Crippen molar-refractivity contribution in [3.05, 3.63) is 34.6 Å². The van der Waals surface area contributed by atoms with Crippen molar-refractivity contribution in [2.24, 2.45) is 5.92 Å². The van der Waals surface area contributed by atoms with Gasteiger partial charge in [-0.25, -0.2) is 4.39 Å². The van der Waals surface area contributed by atoms with Crippen LogP contribution in [0.15, 0.2) is 18.2 Å². The van der Waals surface area contributed by atoms with Gasteiger partial charge in [-0.15, -0.1) is 5.10 Å². The van der Waals surface area contributed by atoms with Crippen molar-refractivity contribution in [1.82, 2.24) is 15.5 Å². The van der Waals surface area contributed by atoms with Crippen LogP contribution in [0.25, 0.3) is 0 Å². The predicted molar refractivity (Wildman–Crippen MR) is 77.7 cm³/mol. The first-order valence-electron chi connectivity index (χ1n) is 6.51. The quantitative estimate of drug-likeness (QED) is 0.885. The third-order valence-corrected chi connectivity index (χ3v) is 3.43. The van der Waals surface area contributed by atoms with Gasteiger partial charge in [0.2, 0.25) is 0 Å². The minimum atomic E-state index is -0.286. The Labute approximate surface area is 122 Å². The molecule has 2 rings (SSSR count). The molecule has 0 fully saturated rings. The molecule has 108 valence electrons. The predicted octanol–water partition coefficient (Wildman–Crippen LogP) is 3.52. The molecule has 20 heavy (non-hydrogen) atoms. The molecule has 1 N–H and O–H groups in total. The molecule has 0 aliphatic carbocycles. The second-order valence-electron chi connectivity index (χ2n) is 5.00. The standard InChI is InChI=1S/C14H18FN3OS/c1-9(2)7-16-8-13-17-18-14(20-13)19-11-5-4-10(3)12(15)6-11/h4-6,9,16H,7-8H2,1-3H3. The van der Waals surface area contributed by atoms with E-state index in [-0.39, 0.29) is 5.82 Å². The topological polar surface area (TPSA) is 47.0 Å². The first-order valence-corrected chi connectivity index (χ1v) is 7.33. The van der Waals surface area contributed by atoms with Crippen molar-refractivity contribution in [1.29, 1.82) is 0 Å². The van der Waals surface area contributed by atoms with Crippen LogP contribution >= 0.6 is 11.3 Å². The SMILES string of the molecule is Cc1ccc(Oc2nnc(CNCC(C)C)s2)cc1F. The zero-order chi connectivity index (χ0) is 14.5. The van der Waals surface area contributed by atoms with Gasteiger partial charge >= 0.3 is 0 Å². The average molecular weight is 295 g/mol. The van der Waals surface area contributed by atoms with Gasteiger partial charge in [0, 0.05) is 12.6 Å². The number of nitrogens with zero attached hydrogens (tertiary/aromatic N) is 2. The van der Waals surface area contributed by atoms with Gasteiger partial charge in [-0.1, -0.05) is 36.3 Å². The molecule has 0 radical (unpaired) electrons. The van der Waals surface area contributed by atoms with E-state index in [0.29, 0.717) is 29.0 Å². The van der Waals surface area contributed by atoms with Gasteiger partial charge in [0.1, 0.15) is 16.6 Å². The molecule has 0 amide bonds. The van der Waals surface area contributed by atoms with Crippen LogP contribution in [0, 0.1) is 18.7 Å². The fraction of sp³-hybridized carbons (Fsp3) is 0.429. The molecule has 0 saturated heterocycles. The zero-order valence-electron chi connectivity index (χ0n) is 11.8. The second kappa shape index (κ2) is 6.76. The normalized spacial score (nSPS) is 11.1. The van der Waals surface area contributed by atoms with Gasteiger partial charge in [0.25, 0.3) is 5.19 Å². The number of hydrogen-bond acceptors (Lipinski definition) is 5. The number of benzene rings is 1. The van der Waals surface area contributed by atoms with Crippen LogP contribution in [-0.2, 0) is 6.54 Å². The van der Waals surface area contributed by atoms with E-state index in [9.17, 15) is 4.39 Å². The summed E-state index contributed by atoms with van der Waals surface area (Å²) < 4.78 is 18.9. The summed E-state index contributed by atoms with van der Waals surface area (Å²) in [5.74, 6) is 0.742. The maximum absolute atomic E-state index is 13.4. The Morgan fingerprint density at radius 2 is 2.15 bits per heavy atom. The highest BCUT2D eigenvalue weighted by Crippen LogP contribution is 2.26. The minimum Gasteiger partial charge on any atom is -0.430 e. The van der Waals surface area contributed by atoms with Gasteiger partial charge in [-0.05, 0) is 31.0 Å². The molecule has 1 heterocycles. The van der Waals surface area contributed by atoms with E-state index >= 15 is 0 Å². The highest BCUT2D eigenvalue weighted by Gasteiger charge is 2.08. The van der Waals surface area contributed by atoms with Gasteiger partial charge < -0.3 is 10.1 Å². The van der Waals surface area contributed by atoms with Crippen molar-refractivity contribution >= 4 is 11.3 Å². The third-order valence-electron chi connectivity index (χ3n) is 2.63.